The Morgan fingerprint density at radius 2 is 1.45 bits per heavy atom. The van der Waals surface area contributed by atoms with Gasteiger partial charge in [-0.1, -0.05) is 42.5 Å². The molecule has 0 radical (unpaired) electrons. The predicted octanol–water partition coefficient (Wildman–Crippen LogP) is 5.02. The SMILES string of the molecule is C[C@H](OC(=O)c1ccc(C(=O)c2ccccc2)cc1)c1nnc(-c2ccc(F)cc2)o1. The number of hydrogen-bond acceptors (Lipinski definition) is 6. The number of nitrogens with zero attached hydrogens (tertiary/aromatic N) is 2. The maximum Gasteiger partial charge on any atom is 0.338 e. The zero-order valence-electron chi connectivity index (χ0n) is 16.5. The quantitative estimate of drug-likeness (QED) is 0.324. The molecule has 154 valence electrons. The molecule has 4 aromatic rings. The van der Waals surface area contributed by atoms with Crippen LogP contribution in [0.15, 0.2) is 83.3 Å². The first-order valence-electron chi connectivity index (χ1n) is 9.51. The van der Waals surface area contributed by atoms with Gasteiger partial charge in [-0.15, -0.1) is 10.2 Å². The maximum absolute atomic E-state index is 13.1. The van der Waals surface area contributed by atoms with Crippen molar-refractivity contribution in [1.29, 1.82) is 0 Å². The highest BCUT2D eigenvalue weighted by atomic mass is 19.1. The number of hydrogen-bond donors (Lipinski definition) is 0. The summed E-state index contributed by atoms with van der Waals surface area (Å²) in [7, 11) is 0. The van der Waals surface area contributed by atoms with Crippen molar-refractivity contribution in [3.05, 3.63) is 107 Å². The minimum atomic E-state index is -0.792. The summed E-state index contributed by atoms with van der Waals surface area (Å²) < 4.78 is 24.0. The van der Waals surface area contributed by atoms with Crippen molar-refractivity contribution in [2.75, 3.05) is 0 Å². The molecule has 3 aromatic carbocycles. The summed E-state index contributed by atoms with van der Waals surface area (Å²) in [5.74, 6) is -0.784. The molecular formula is C24H17FN2O4. The number of esters is 1. The van der Waals surface area contributed by atoms with E-state index in [2.05, 4.69) is 10.2 Å². The van der Waals surface area contributed by atoms with Crippen LogP contribution in [0.1, 0.15) is 45.2 Å². The lowest BCUT2D eigenvalue weighted by Crippen LogP contribution is -2.10. The van der Waals surface area contributed by atoms with Crippen LogP contribution in [0.25, 0.3) is 11.5 Å². The Labute approximate surface area is 177 Å². The summed E-state index contributed by atoms with van der Waals surface area (Å²) in [6.07, 6.45) is -0.792. The second-order valence-corrected chi connectivity index (χ2v) is 6.77. The van der Waals surface area contributed by atoms with Crippen LogP contribution < -0.4 is 0 Å². The van der Waals surface area contributed by atoms with E-state index in [4.69, 9.17) is 9.15 Å². The molecule has 4 rings (SSSR count). The van der Waals surface area contributed by atoms with Crippen molar-refractivity contribution in [3.8, 4) is 11.5 Å². The van der Waals surface area contributed by atoms with Crippen molar-refractivity contribution >= 4 is 11.8 Å². The molecule has 0 bridgehead atoms. The fraction of sp³-hybridized carbons (Fsp3) is 0.0833. The minimum absolute atomic E-state index is 0.114. The van der Waals surface area contributed by atoms with E-state index in [1.54, 1.807) is 43.3 Å². The molecule has 0 aliphatic heterocycles. The van der Waals surface area contributed by atoms with Gasteiger partial charge in [-0.05, 0) is 43.3 Å². The van der Waals surface area contributed by atoms with Gasteiger partial charge in [-0.3, -0.25) is 4.79 Å². The summed E-state index contributed by atoms with van der Waals surface area (Å²) in [6.45, 7) is 1.60. The van der Waals surface area contributed by atoms with Gasteiger partial charge < -0.3 is 9.15 Å². The van der Waals surface area contributed by atoms with Crippen LogP contribution in [-0.2, 0) is 4.74 Å². The highest BCUT2D eigenvalue weighted by molar-refractivity contribution is 6.09. The van der Waals surface area contributed by atoms with Gasteiger partial charge in [0.25, 0.3) is 5.89 Å². The summed E-state index contributed by atoms with van der Waals surface area (Å²) in [4.78, 5) is 24.9. The lowest BCUT2D eigenvalue weighted by atomic mass is 10.0. The van der Waals surface area contributed by atoms with Crippen LogP contribution in [0.2, 0.25) is 0 Å². The molecule has 0 amide bonds. The lowest BCUT2D eigenvalue weighted by Gasteiger charge is -2.09. The van der Waals surface area contributed by atoms with Gasteiger partial charge in [0, 0.05) is 16.7 Å². The van der Waals surface area contributed by atoms with E-state index in [0.717, 1.165) is 0 Å². The molecule has 31 heavy (non-hydrogen) atoms. The molecule has 1 atom stereocenters. The van der Waals surface area contributed by atoms with E-state index in [1.807, 2.05) is 6.07 Å². The molecular weight excluding hydrogens is 399 g/mol. The average Bonchev–Trinajstić information content (AvgIpc) is 3.30. The van der Waals surface area contributed by atoms with E-state index in [1.165, 1.54) is 36.4 Å². The third-order valence-electron chi connectivity index (χ3n) is 4.58. The zero-order valence-corrected chi connectivity index (χ0v) is 16.5. The first-order chi connectivity index (χ1) is 15.0. The van der Waals surface area contributed by atoms with E-state index < -0.39 is 12.1 Å². The molecule has 0 saturated heterocycles. The van der Waals surface area contributed by atoms with E-state index in [9.17, 15) is 14.0 Å². The third kappa shape index (κ3) is 4.56. The Morgan fingerprint density at radius 3 is 2.13 bits per heavy atom. The number of halogens is 1. The first kappa shape index (κ1) is 20.2. The van der Waals surface area contributed by atoms with Crippen molar-refractivity contribution in [2.45, 2.75) is 13.0 Å². The Kier molecular flexibility index (Phi) is 5.66. The average molecular weight is 416 g/mol. The largest absolute Gasteiger partial charge is 0.449 e. The number of carbonyl (C=O) groups is 2. The summed E-state index contributed by atoms with van der Waals surface area (Å²) in [5.41, 5.74) is 1.88. The fourth-order valence-corrected chi connectivity index (χ4v) is 2.90. The van der Waals surface area contributed by atoms with Gasteiger partial charge in [-0.2, -0.15) is 0 Å². The molecule has 0 fully saturated rings. The molecule has 1 aromatic heterocycles. The van der Waals surface area contributed by atoms with Gasteiger partial charge in [0.1, 0.15) is 5.82 Å². The number of rotatable bonds is 6. The third-order valence-corrected chi connectivity index (χ3v) is 4.58. The monoisotopic (exact) mass is 416 g/mol. The van der Waals surface area contributed by atoms with E-state index in [0.29, 0.717) is 16.7 Å². The van der Waals surface area contributed by atoms with Crippen molar-refractivity contribution in [2.24, 2.45) is 0 Å². The molecule has 0 N–H and O–H groups in total. The summed E-state index contributed by atoms with van der Waals surface area (Å²) in [5, 5.41) is 7.81. The zero-order chi connectivity index (χ0) is 21.8. The maximum atomic E-state index is 13.1. The van der Waals surface area contributed by atoms with E-state index in [-0.39, 0.29) is 28.9 Å². The molecule has 1 heterocycles. The molecule has 0 unspecified atom stereocenters. The van der Waals surface area contributed by atoms with Gasteiger partial charge >= 0.3 is 5.97 Å². The van der Waals surface area contributed by atoms with Crippen LogP contribution in [-0.4, -0.2) is 21.9 Å². The Morgan fingerprint density at radius 1 is 0.839 bits per heavy atom. The van der Waals surface area contributed by atoms with Crippen LogP contribution in [0.5, 0.6) is 0 Å². The number of benzene rings is 3. The smallest absolute Gasteiger partial charge is 0.338 e. The second kappa shape index (κ2) is 8.71. The molecule has 0 saturated carbocycles. The Bertz CT molecular complexity index is 1200. The topological polar surface area (TPSA) is 82.3 Å². The summed E-state index contributed by atoms with van der Waals surface area (Å²) >= 11 is 0. The Hall–Kier alpha value is -4.13. The standard InChI is InChI=1S/C24H17FN2O4/c1-15(22-26-27-23(31-22)18-11-13-20(25)14-12-18)30-24(29)19-9-7-17(8-10-19)21(28)16-5-3-2-4-6-16/h2-15H,1H3/t15-/m0/s1. The van der Waals surface area contributed by atoms with Crippen LogP contribution >= 0.6 is 0 Å². The minimum Gasteiger partial charge on any atom is -0.449 e. The first-order valence-corrected chi connectivity index (χ1v) is 9.51. The van der Waals surface area contributed by atoms with Crippen molar-refractivity contribution < 1.29 is 23.1 Å². The number of ether oxygens (including phenoxy) is 1. The van der Waals surface area contributed by atoms with Gasteiger partial charge in [0.2, 0.25) is 5.89 Å². The van der Waals surface area contributed by atoms with Crippen LogP contribution in [0.3, 0.4) is 0 Å². The van der Waals surface area contributed by atoms with E-state index >= 15 is 0 Å². The summed E-state index contributed by atoms with van der Waals surface area (Å²) in [6, 6.07) is 20.7. The van der Waals surface area contributed by atoms with Gasteiger partial charge in [0.15, 0.2) is 11.9 Å². The lowest BCUT2D eigenvalue weighted by molar-refractivity contribution is 0.0279. The molecule has 6 nitrogen and oxygen atoms in total. The molecule has 0 spiro atoms. The van der Waals surface area contributed by atoms with Crippen LogP contribution in [0, 0.1) is 5.82 Å². The molecule has 0 aliphatic rings. The predicted molar refractivity (Wildman–Crippen MR) is 110 cm³/mol. The van der Waals surface area contributed by atoms with Gasteiger partial charge in [-0.25, -0.2) is 9.18 Å². The normalized spacial score (nSPS) is 11.7. The Balaban J connectivity index is 1.42. The van der Waals surface area contributed by atoms with Gasteiger partial charge in [0.05, 0.1) is 5.56 Å². The number of ketones is 1. The molecule has 7 heteroatoms. The molecule has 0 aliphatic carbocycles. The van der Waals surface area contributed by atoms with Crippen molar-refractivity contribution in [1.82, 2.24) is 10.2 Å². The second-order valence-electron chi connectivity index (χ2n) is 6.77. The number of aromatic nitrogens is 2. The fourth-order valence-electron chi connectivity index (χ4n) is 2.90. The highest BCUT2D eigenvalue weighted by Gasteiger charge is 2.20. The van der Waals surface area contributed by atoms with Crippen molar-refractivity contribution in [3.63, 3.8) is 0 Å². The van der Waals surface area contributed by atoms with Crippen LogP contribution in [0.4, 0.5) is 4.39 Å². The highest BCUT2D eigenvalue weighted by Crippen LogP contribution is 2.23. The number of carbonyl (C=O) groups excluding carboxylic acids is 2.